The third-order valence-corrected chi connectivity index (χ3v) is 5.20. The Morgan fingerprint density at radius 1 is 1.40 bits per heavy atom. The molecule has 2 rings (SSSR count). The van der Waals surface area contributed by atoms with Gasteiger partial charge in [-0.05, 0) is 39.7 Å². The summed E-state index contributed by atoms with van der Waals surface area (Å²) in [5.74, 6) is 0.739. The van der Waals surface area contributed by atoms with Gasteiger partial charge in [-0.25, -0.2) is 0 Å². The minimum absolute atomic E-state index is 0.262. The summed E-state index contributed by atoms with van der Waals surface area (Å²) in [7, 11) is 0. The average Bonchev–Trinajstić information content (AvgIpc) is 2.66. The second-order valence-electron chi connectivity index (χ2n) is 4.39. The Kier molecular flexibility index (Phi) is 4.23. The summed E-state index contributed by atoms with van der Waals surface area (Å²) in [5, 5.41) is 12.2. The number of hydrogen-bond acceptors (Lipinski definition) is 2. The number of thiophene rings is 1. The molecular weight excluding hydrogens is 272 g/mol. The molecule has 1 aromatic heterocycles. The van der Waals surface area contributed by atoms with Gasteiger partial charge in [0.1, 0.15) is 0 Å². The predicted molar refractivity (Wildman–Crippen MR) is 68.2 cm³/mol. The van der Waals surface area contributed by atoms with Crippen LogP contribution in [0.15, 0.2) is 15.9 Å². The molecule has 1 aromatic rings. The van der Waals surface area contributed by atoms with Crippen molar-refractivity contribution in [3.63, 3.8) is 0 Å². The first kappa shape index (κ1) is 11.6. The minimum atomic E-state index is -0.262. The van der Waals surface area contributed by atoms with Crippen molar-refractivity contribution >= 4 is 27.3 Å². The lowest BCUT2D eigenvalue weighted by Gasteiger charge is -2.23. The summed E-state index contributed by atoms with van der Waals surface area (Å²) < 4.78 is 1.07. The first-order chi connectivity index (χ1) is 7.27. The molecule has 1 heterocycles. The smallest absolute Gasteiger partial charge is 0.0896 e. The first-order valence-corrected chi connectivity index (χ1v) is 7.35. The second kappa shape index (κ2) is 5.46. The van der Waals surface area contributed by atoms with E-state index in [0.717, 1.165) is 21.7 Å². The molecule has 0 aliphatic heterocycles. The van der Waals surface area contributed by atoms with Crippen LogP contribution in [-0.2, 0) is 0 Å². The summed E-state index contributed by atoms with van der Waals surface area (Å²) >= 11 is 5.13. The Morgan fingerprint density at radius 2 is 2.13 bits per heavy atom. The molecule has 1 N–H and O–H groups in total. The topological polar surface area (TPSA) is 20.2 Å². The van der Waals surface area contributed by atoms with E-state index < -0.39 is 0 Å². The molecule has 1 atom stereocenters. The van der Waals surface area contributed by atoms with Crippen LogP contribution in [0.2, 0.25) is 0 Å². The van der Waals surface area contributed by atoms with E-state index in [1.807, 2.05) is 11.4 Å². The highest BCUT2D eigenvalue weighted by Crippen LogP contribution is 2.36. The summed E-state index contributed by atoms with van der Waals surface area (Å²) in [6.45, 7) is 0. The SMILES string of the molecule is OC(CC1CCCCC1)c1sccc1Br. The molecule has 0 radical (unpaired) electrons. The molecular formula is C12H17BrOS. The first-order valence-electron chi connectivity index (χ1n) is 5.68. The lowest BCUT2D eigenvalue weighted by atomic mass is 9.85. The highest BCUT2D eigenvalue weighted by molar-refractivity contribution is 9.10. The third-order valence-electron chi connectivity index (χ3n) is 3.23. The standard InChI is InChI=1S/C12H17BrOS/c13-10-6-7-15-12(10)11(14)8-9-4-2-1-3-5-9/h6-7,9,11,14H,1-5,8H2. The molecule has 0 amide bonds. The maximum absolute atomic E-state index is 10.1. The van der Waals surface area contributed by atoms with Crippen LogP contribution in [-0.4, -0.2) is 5.11 Å². The quantitative estimate of drug-likeness (QED) is 0.867. The molecule has 0 saturated heterocycles. The van der Waals surface area contributed by atoms with Crippen LogP contribution in [0.25, 0.3) is 0 Å². The van der Waals surface area contributed by atoms with E-state index in [1.165, 1.54) is 32.1 Å². The molecule has 1 aliphatic carbocycles. The molecule has 3 heteroatoms. The van der Waals surface area contributed by atoms with E-state index in [2.05, 4.69) is 15.9 Å². The monoisotopic (exact) mass is 288 g/mol. The molecule has 0 aromatic carbocycles. The zero-order chi connectivity index (χ0) is 10.7. The zero-order valence-electron chi connectivity index (χ0n) is 8.79. The molecule has 1 saturated carbocycles. The van der Waals surface area contributed by atoms with Crippen LogP contribution >= 0.6 is 27.3 Å². The van der Waals surface area contributed by atoms with Gasteiger partial charge in [-0.2, -0.15) is 0 Å². The van der Waals surface area contributed by atoms with Gasteiger partial charge in [-0.15, -0.1) is 11.3 Å². The lowest BCUT2D eigenvalue weighted by Crippen LogP contribution is -2.10. The second-order valence-corrected chi connectivity index (χ2v) is 6.19. The number of hydrogen-bond donors (Lipinski definition) is 1. The van der Waals surface area contributed by atoms with Crippen molar-refractivity contribution in [2.45, 2.75) is 44.6 Å². The molecule has 1 unspecified atom stereocenters. The van der Waals surface area contributed by atoms with Crippen molar-refractivity contribution in [1.82, 2.24) is 0 Å². The Bertz CT molecular complexity index is 304. The van der Waals surface area contributed by atoms with E-state index >= 15 is 0 Å². The summed E-state index contributed by atoms with van der Waals surface area (Å²) in [4.78, 5) is 1.10. The fourth-order valence-corrected chi connectivity index (χ4v) is 4.03. The van der Waals surface area contributed by atoms with Gasteiger partial charge in [0.15, 0.2) is 0 Å². The predicted octanol–water partition coefficient (Wildman–Crippen LogP) is 4.51. The van der Waals surface area contributed by atoms with Gasteiger partial charge in [-0.1, -0.05) is 32.1 Å². The zero-order valence-corrected chi connectivity index (χ0v) is 11.2. The Hall–Kier alpha value is 0.140. The van der Waals surface area contributed by atoms with Gasteiger partial charge in [0.25, 0.3) is 0 Å². The van der Waals surface area contributed by atoms with Crippen molar-refractivity contribution in [2.75, 3.05) is 0 Å². The maximum atomic E-state index is 10.1. The Labute approximate surface area is 104 Å². The van der Waals surface area contributed by atoms with Crippen LogP contribution in [0.3, 0.4) is 0 Å². The molecule has 0 bridgehead atoms. The lowest BCUT2D eigenvalue weighted by molar-refractivity contribution is 0.134. The van der Waals surface area contributed by atoms with Crippen LogP contribution < -0.4 is 0 Å². The Balaban J connectivity index is 1.91. The molecule has 1 aliphatic rings. The van der Waals surface area contributed by atoms with E-state index in [4.69, 9.17) is 0 Å². The normalized spacial score (nSPS) is 20.4. The number of aliphatic hydroxyl groups excluding tert-OH is 1. The molecule has 84 valence electrons. The minimum Gasteiger partial charge on any atom is -0.388 e. The summed E-state index contributed by atoms with van der Waals surface area (Å²) in [6.07, 6.45) is 7.38. The van der Waals surface area contributed by atoms with Crippen LogP contribution in [0.1, 0.15) is 49.5 Å². The third kappa shape index (κ3) is 3.05. The van der Waals surface area contributed by atoms with Crippen molar-refractivity contribution in [3.8, 4) is 0 Å². The van der Waals surface area contributed by atoms with Crippen molar-refractivity contribution in [2.24, 2.45) is 5.92 Å². The highest BCUT2D eigenvalue weighted by Gasteiger charge is 2.20. The van der Waals surface area contributed by atoms with Crippen LogP contribution in [0.4, 0.5) is 0 Å². The van der Waals surface area contributed by atoms with Crippen LogP contribution in [0, 0.1) is 5.92 Å². The van der Waals surface area contributed by atoms with Crippen LogP contribution in [0.5, 0.6) is 0 Å². The number of halogens is 1. The molecule has 15 heavy (non-hydrogen) atoms. The maximum Gasteiger partial charge on any atom is 0.0896 e. The van der Waals surface area contributed by atoms with Crippen molar-refractivity contribution < 1.29 is 5.11 Å². The van der Waals surface area contributed by atoms with Gasteiger partial charge < -0.3 is 5.11 Å². The van der Waals surface area contributed by atoms with Gasteiger partial charge >= 0.3 is 0 Å². The van der Waals surface area contributed by atoms with E-state index in [1.54, 1.807) is 11.3 Å². The fourth-order valence-electron chi connectivity index (χ4n) is 2.39. The van der Waals surface area contributed by atoms with Gasteiger partial charge in [-0.3, -0.25) is 0 Å². The van der Waals surface area contributed by atoms with E-state index in [9.17, 15) is 5.11 Å². The summed E-state index contributed by atoms with van der Waals surface area (Å²) in [5.41, 5.74) is 0. The molecule has 1 nitrogen and oxygen atoms in total. The van der Waals surface area contributed by atoms with Gasteiger partial charge in [0.05, 0.1) is 6.10 Å². The highest BCUT2D eigenvalue weighted by atomic mass is 79.9. The van der Waals surface area contributed by atoms with Crippen molar-refractivity contribution in [3.05, 3.63) is 20.8 Å². The number of aliphatic hydroxyl groups is 1. The van der Waals surface area contributed by atoms with E-state index in [-0.39, 0.29) is 6.10 Å². The average molecular weight is 289 g/mol. The molecule has 0 spiro atoms. The van der Waals surface area contributed by atoms with Crippen molar-refractivity contribution in [1.29, 1.82) is 0 Å². The molecule has 1 fully saturated rings. The van der Waals surface area contributed by atoms with Gasteiger partial charge in [0.2, 0.25) is 0 Å². The number of rotatable bonds is 3. The largest absolute Gasteiger partial charge is 0.388 e. The fraction of sp³-hybridized carbons (Fsp3) is 0.667. The van der Waals surface area contributed by atoms with Gasteiger partial charge in [0, 0.05) is 9.35 Å². The Morgan fingerprint density at radius 3 is 2.73 bits per heavy atom. The van der Waals surface area contributed by atoms with E-state index in [0.29, 0.717) is 0 Å². The summed E-state index contributed by atoms with van der Waals surface area (Å²) in [6, 6.07) is 2.02.